The highest BCUT2D eigenvalue weighted by atomic mass is 35.5. The third-order valence-electron chi connectivity index (χ3n) is 3.00. The standard InChI is InChI=1S/C15H11ClN2O2S/c16-12-7-1-2-8-13(12)18-21(19,20)14-9-3-5-11-6-4-10-17-15(11)14/h1-10,18H. The minimum atomic E-state index is -3.76. The van der Waals surface area contributed by atoms with Crippen LogP contribution in [0.2, 0.25) is 5.02 Å². The number of fused-ring (bicyclic) bond motifs is 1. The van der Waals surface area contributed by atoms with Crippen molar-refractivity contribution in [3.05, 3.63) is 65.8 Å². The average Bonchev–Trinajstić information content (AvgIpc) is 2.49. The quantitative estimate of drug-likeness (QED) is 0.801. The van der Waals surface area contributed by atoms with E-state index in [0.717, 1.165) is 5.39 Å². The molecule has 1 heterocycles. The van der Waals surface area contributed by atoms with Crippen molar-refractivity contribution in [2.24, 2.45) is 0 Å². The highest BCUT2D eigenvalue weighted by Gasteiger charge is 2.19. The van der Waals surface area contributed by atoms with Crippen molar-refractivity contribution < 1.29 is 8.42 Å². The van der Waals surface area contributed by atoms with Crippen LogP contribution < -0.4 is 4.72 Å². The maximum absolute atomic E-state index is 12.6. The van der Waals surface area contributed by atoms with E-state index in [-0.39, 0.29) is 4.90 Å². The second-order valence-corrected chi connectivity index (χ2v) is 6.47. The van der Waals surface area contributed by atoms with Gasteiger partial charge in [-0.2, -0.15) is 0 Å². The Kier molecular flexibility index (Phi) is 3.53. The number of halogens is 1. The summed E-state index contributed by atoms with van der Waals surface area (Å²) in [5, 5.41) is 1.11. The number of nitrogens with one attached hydrogen (secondary N) is 1. The Morgan fingerprint density at radius 2 is 1.71 bits per heavy atom. The molecule has 3 rings (SSSR count). The number of sulfonamides is 1. The van der Waals surface area contributed by atoms with Gasteiger partial charge >= 0.3 is 0 Å². The zero-order chi connectivity index (χ0) is 14.9. The third-order valence-corrected chi connectivity index (χ3v) is 4.73. The molecule has 2 aromatic carbocycles. The van der Waals surface area contributed by atoms with Gasteiger partial charge in [-0.1, -0.05) is 41.9 Å². The molecule has 0 radical (unpaired) electrons. The Balaban J connectivity index is 2.11. The lowest BCUT2D eigenvalue weighted by Gasteiger charge is -2.11. The van der Waals surface area contributed by atoms with Crippen LogP contribution in [-0.4, -0.2) is 13.4 Å². The van der Waals surface area contributed by atoms with Crippen LogP contribution in [-0.2, 0) is 10.0 Å². The molecule has 0 aliphatic rings. The highest BCUT2D eigenvalue weighted by molar-refractivity contribution is 7.93. The number of hydrogen-bond donors (Lipinski definition) is 1. The topological polar surface area (TPSA) is 59.1 Å². The van der Waals surface area contributed by atoms with E-state index >= 15 is 0 Å². The van der Waals surface area contributed by atoms with Crippen LogP contribution >= 0.6 is 11.6 Å². The molecule has 0 unspecified atom stereocenters. The Bertz CT molecular complexity index is 905. The first kappa shape index (κ1) is 13.9. The van der Waals surface area contributed by atoms with E-state index in [4.69, 9.17) is 11.6 Å². The molecule has 4 nitrogen and oxygen atoms in total. The maximum atomic E-state index is 12.6. The van der Waals surface area contributed by atoms with Gasteiger partial charge in [0.1, 0.15) is 4.90 Å². The molecule has 1 N–H and O–H groups in total. The molecule has 0 fully saturated rings. The number of nitrogens with zero attached hydrogens (tertiary/aromatic N) is 1. The molecular formula is C15H11ClN2O2S. The lowest BCUT2D eigenvalue weighted by molar-refractivity contribution is 0.602. The first-order chi connectivity index (χ1) is 10.1. The van der Waals surface area contributed by atoms with E-state index in [2.05, 4.69) is 9.71 Å². The molecule has 0 amide bonds. The molecule has 3 aromatic rings. The largest absolute Gasteiger partial charge is 0.278 e. The fourth-order valence-corrected chi connectivity index (χ4v) is 3.54. The van der Waals surface area contributed by atoms with Gasteiger partial charge in [0.15, 0.2) is 0 Å². The van der Waals surface area contributed by atoms with Crippen molar-refractivity contribution in [3.8, 4) is 0 Å². The normalized spacial score (nSPS) is 11.5. The van der Waals surface area contributed by atoms with Crippen LogP contribution in [0.4, 0.5) is 5.69 Å². The van der Waals surface area contributed by atoms with E-state index in [0.29, 0.717) is 16.2 Å². The second kappa shape index (κ2) is 5.35. The molecule has 0 bridgehead atoms. The van der Waals surface area contributed by atoms with Gasteiger partial charge < -0.3 is 0 Å². The predicted octanol–water partition coefficient (Wildman–Crippen LogP) is 3.69. The maximum Gasteiger partial charge on any atom is 0.264 e. The van der Waals surface area contributed by atoms with E-state index in [1.807, 2.05) is 12.1 Å². The summed E-state index contributed by atoms with van der Waals surface area (Å²) < 4.78 is 27.6. The number of benzene rings is 2. The Morgan fingerprint density at radius 3 is 2.52 bits per heavy atom. The Morgan fingerprint density at radius 1 is 0.952 bits per heavy atom. The number of aromatic nitrogens is 1. The third kappa shape index (κ3) is 2.70. The molecule has 1 aromatic heterocycles. The minimum absolute atomic E-state index is 0.125. The summed E-state index contributed by atoms with van der Waals surface area (Å²) in [6.45, 7) is 0. The van der Waals surface area contributed by atoms with Crippen molar-refractivity contribution in [2.75, 3.05) is 4.72 Å². The summed E-state index contributed by atoms with van der Waals surface area (Å²) in [5.41, 5.74) is 0.770. The van der Waals surface area contributed by atoms with Gasteiger partial charge in [0.05, 0.1) is 16.2 Å². The van der Waals surface area contributed by atoms with Gasteiger partial charge in [-0.15, -0.1) is 0 Å². The molecule has 0 aliphatic carbocycles. The van der Waals surface area contributed by atoms with Crippen LogP contribution in [0.3, 0.4) is 0 Å². The summed E-state index contributed by atoms with van der Waals surface area (Å²) in [6, 6.07) is 15.3. The fraction of sp³-hybridized carbons (Fsp3) is 0. The summed E-state index contributed by atoms with van der Waals surface area (Å²) in [5.74, 6) is 0. The molecule has 0 saturated carbocycles. The fourth-order valence-electron chi connectivity index (χ4n) is 2.04. The SMILES string of the molecule is O=S(=O)(Nc1ccccc1Cl)c1cccc2cccnc12. The van der Waals surface area contributed by atoms with Crippen molar-refractivity contribution >= 4 is 38.2 Å². The van der Waals surface area contributed by atoms with Crippen molar-refractivity contribution in [3.63, 3.8) is 0 Å². The van der Waals surface area contributed by atoms with Crippen molar-refractivity contribution in [1.29, 1.82) is 0 Å². The van der Waals surface area contributed by atoms with Gasteiger partial charge in [-0.3, -0.25) is 9.71 Å². The van der Waals surface area contributed by atoms with E-state index in [9.17, 15) is 8.42 Å². The van der Waals surface area contributed by atoms with Crippen LogP contribution in [0.1, 0.15) is 0 Å². The first-order valence-electron chi connectivity index (χ1n) is 6.19. The van der Waals surface area contributed by atoms with E-state index < -0.39 is 10.0 Å². The molecule has 106 valence electrons. The molecule has 0 aliphatic heterocycles. The molecule has 0 spiro atoms. The minimum Gasteiger partial charge on any atom is -0.278 e. The van der Waals surface area contributed by atoms with Gasteiger partial charge in [-0.05, 0) is 24.3 Å². The highest BCUT2D eigenvalue weighted by Crippen LogP contribution is 2.26. The van der Waals surface area contributed by atoms with Gasteiger partial charge in [0, 0.05) is 11.6 Å². The zero-order valence-corrected chi connectivity index (χ0v) is 12.4. The number of pyridine rings is 1. The van der Waals surface area contributed by atoms with Crippen LogP contribution in [0, 0.1) is 0 Å². The van der Waals surface area contributed by atoms with Crippen LogP contribution in [0.5, 0.6) is 0 Å². The van der Waals surface area contributed by atoms with Crippen LogP contribution in [0.25, 0.3) is 10.9 Å². The summed E-state index contributed by atoms with van der Waals surface area (Å²) in [6.07, 6.45) is 1.57. The molecule has 21 heavy (non-hydrogen) atoms. The summed E-state index contributed by atoms with van der Waals surface area (Å²) >= 11 is 5.99. The first-order valence-corrected chi connectivity index (χ1v) is 8.05. The van der Waals surface area contributed by atoms with E-state index in [1.54, 1.807) is 42.6 Å². The molecule has 0 saturated heterocycles. The van der Waals surface area contributed by atoms with Crippen molar-refractivity contribution in [1.82, 2.24) is 4.98 Å². The Labute approximate surface area is 127 Å². The van der Waals surface area contributed by atoms with Gasteiger partial charge in [0.2, 0.25) is 0 Å². The van der Waals surface area contributed by atoms with Gasteiger partial charge in [0.25, 0.3) is 10.0 Å². The smallest absolute Gasteiger partial charge is 0.264 e. The molecule has 0 atom stereocenters. The van der Waals surface area contributed by atoms with E-state index in [1.165, 1.54) is 6.07 Å². The molecule has 6 heteroatoms. The monoisotopic (exact) mass is 318 g/mol. The van der Waals surface area contributed by atoms with Gasteiger partial charge in [-0.25, -0.2) is 8.42 Å². The predicted molar refractivity (Wildman–Crippen MR) is 84.0 cm³/mol. The second-order valence-electron chi connectivity index (χ2n) is 4.42. The Hall–Kier alpha value is -2.11. The lowest BCUT2D eigenvalue weighted by Crippen LogP contribution is -2.14. The van der Waals surface area contributed by atoms with Crippen LogP contribution in [0.15, 0.2) is 65.7 Å². The number of rotatable bonds is 3. The number of hydrogen-bond acceptors (Lipinski definition) is 3. The summed E-state index contributed by atoms with van der Waals surface area (Å²) in [7, 11) is -3.76. The average molecular weight is 319 g/mol. The summed E-state index contributed by atoms with van der Waals surface area (Å²) in [4.78, 5) is 4.28. The number of para-hydroxylation sites is 2. The number of anilines is 1. The zero-order valence-electron chi connectivity index (χ0n) is 10.8. The lowest BCUT2D eigenvalue weighted by atomic mass is 10.2. The molecular weight excluding hydrogens is 308 g/mol. The van der Waals surface area contributed by atoms with Crippen molar-refractivity contribution in [2.45, 2.75) is 4.90 Å².